The lowest BCUT2D eigenvalue weighted by Gasteiger charge is -2.32. The quantitative estimate of drug-likeness (QED) is 0.802. The van der Waals surface area contributed by atoms with Crippen molar-refractivity contribution in [1.82, 2.24) is 19.7 Å². The molecule has 1 fully saturated rings. The van der Waals surface area contributed by atoms with E-state index in [0.717, 1.165) is 25.9 Å². The number of hydrogen-bond donors (Lipinski definition) is 0. The van der Waals surface area contributed by atoms with Crippen LogP contribution in [0.5, 0.6) is 0 Å². The van der Waals surface area contributed by atoms with E-state index < -0.39 is 0 Å². The summed E-state index contributed by atoms with van der Waals surface area (Å²) >= 11 is 5.84. The van der Waals surface area contributed by atoms with Gasteiger partial charge < -0.3 is 4.90 Å². The smallest absolute Gasteiger partial charge is 0.255 e. The Morgan fingerprint density at radius 3 is 2.71 bits per heavy atom. The summed E-state index contributed by atoms with van der Waals surface area (Å²) in [6.45, 7) is 3.30. The molecule has 0 aliphatic carbocycles. The molecular formula is C15H17ClN4O. The van der Waals surface area contributed by atoms with Crippen molar-refractivity contribution in [2.45, 2.75) is 25.8 Å². The minimum absolute atomic E-state index is 0.0376. The van der Waals surface area contributed by atoms with Gasteiger partial charge in [0.1, 0.15) is 5.15 Å². The van der Waals surface area contributed by atoms with Gasteiger partial charge >= 0.3 is 0 Å². The van der Waals surface area contributed by atoms with Crippen molar-refractivity contribution in [2.75, 3.05) is 13.1 Å². The Bertz CT molecular complexity index is 633. The van der Waals surface area contributed by atoms with Gasteiger partial charge in [-0.3, -0.25) is 9.48 Å². The number of pyridine rings is 1. The van der Waals surface area contributed by atoms with Gasteiger partial charge in [-0.15, -0.1) is 0 Å². The van der Waals surface area contributed by atoms with Gasteiger partial charge in [0.25, 0.3) is 5.91 Å². The van der Waals surface area contributed by atoms with Gasteiger partial charge in [-0.2, -0.15) is 5.10 Å². The maximum absolute atomic E-state index is 12.5. The molecule has 1 aliphatic heterocycles. The van der Waals surface area contributed by atoms with Crippen molar-refractivity contribution in [2.24, 2.45) is 0 Å². The monoisotopic (exact) mass is 304 g/mol. The first-order valence-electron chi connectivity index (χ1n) is 7.06. The minimum Gasteiger partial charge on any atom is -0.338 e. The van der Waals surface area contributed by atoms with E-state index in [0.29, 0.717) is 22.5 Å². The van der Waals surface area contributed by atoms with Crippen LogP contribution in [0.1, 0.15) is 34.9 Å². The molecule has 21 heavy (non-hydrogen) atoms. The third-order valence-corrected chi connectivity index (χ3v) is 4.14. The summed E-state index contributed by atoms with van der Waals surface area (Å²) in [6, 6.07) is 5.74. The van der Waals surface area contributed by atoms with Crippen LogP contribution in [-0.2, 0) is 0 Å². The maximum Gasteiger partial charge on any atom is 0.255 e. The average molecular weight is 305 g/mol. The number of piperidine rings is 1. The fraction of sp³-hybridized carbons (Fsp3) is 0.400. The number of hydrogen-bond acceptors (Lipinski definition) is 3. The van der Waals surface area contributed by atoms with E-state index in [1.54, 1.807) is 18.3 Å². The van der Waals surface area contributed by atoms with Gasteiger partial charge in [0.05, 0.1) is 17.3 Å². The summed E-state index contributed by atoms with van der Waals surface area (Å²) in [5.74, 6) is 0.0376. The Morgan fingerprint density at radius 1 is 1.33 bits per heavy atom. The SMILES string of the molecule is Cc1nc(Cl)ccc1C(=O)N1CCC(n2cccn2)CC1. The van der Waals surface area contributed by atoms with Crippen molar-refractivity contribution in [3.05, 3.63) is 47.0 Å². The summed E-state index contributed by atoms with van der Waals surface area (Å²) in [5, 5.41) is 4.70. The molecule has 2 aromatic heterocycles. The van der Waals surface area contributed by atoms with E-state index in [2.05, 4.69) is 10.1 Å². The molecule has 0 spiro atoms. The second-order valence-corrected chi connectivity index (χ2v) is 5.66. The lowest BCUT2D eigenvalue weighted by molar-refractivity contribution is 0.0688. The summed E-state index contributed by atoms with van der Waals surface area (Å²) in [5.41, 5.74) is 1.32. The second kappa shape index (κ2) is 5.85. The Morgan fingerprint density at radius 2 is 2.10 bits per heavy atom. The first kappa shape index (κ1) is 14.1. The van der Waals surface area contributed by atoms with Crippen molar-refractivity contribution in [1.29, 1.82) is 0 Å². The van der Waals surface area contributed by atoms with E-state index in [1.807, 2.05) is 28.8 Å². The van der Waals surface area contributed by atoms with Crippen LogP contribution in [-0.4, -0.2) is 38.7 Å². The average Bonchev–Trinajstić information content (AvgIpc) is 3.01. The topological polar surface area (TPSA) is 51.0 Å². The van der Waals surface area contributed by atoms with Crippen LogP contribution in [0.3, 0.4) is 0 Å². The predicted octanol–water partition coefficient (Wildman–Crippen LogP) is 2.72. The third-order valence-electron chi connectivity index (χ3n) is 3.93. The van der Waals surface area contributed by atoms with Crippen LogP contribution in [0.15, 0.2) is 30.6 Å². The molecule has 0 aromatic carbocycles. The summed E-state index contributed by atoms with van der Waals surface area (Å²) in [6.07, 6.45) is 5.62. The number of carbonyl (C=O) groups is 1. The van der Waals surface area contributed by atoms with Crippen LogP contribution in [0.2, 0.25) is 5.15 Å². The molecule has 0 saturated carbocycles. The normalized spacial score (nSPS) is 16.2. The lowest BCUT2D eigenvalue weighted by Crippen LogP contribution is -2.39. The molecule has 0 bridgehead atoms. The van der Waals surface area contributed by atoms with E-state index in [-0.39, 0.29) is 5.91 Å². The van der Waals surface area contributed by atoms with E-state index in [4.69, 9.17) is 11.6 Å². The summed E-state index contributed by atoms with van der Waals surface area (Å²) in [4.78, 5) is 18.6. The Labute approximate surface area is 128 Å². The molecule has 1 amide bonds. The number of aryl methyl sites for hydroxylation is 1. The molecule has 110 valence electrons. The zero-order valence-corrected chi connectivity index (χ0v) is 12.6. The fourth-order valence-electron chi connectivity index (χ4n) is 2.76. The molecule has 0 atom stereocenters. The second-order valence-electron chi connectivity index (χ2n) is 5.28. The van der Waals surface area contributed by atoms with Gasteiger partial charge in [0, 0.05) is 25.5 Å². The zero-order chi connectivity index (χ0) is 14.8. The van der Waals surface area contributed by atoms with Gasteiger partial charge in [-0.1, -0.05) is 11.6 Å². The molecule has 6 heteroatoms. The van der Waals surface area contributed by atoms with Crippen molar-refractivity contribution >= 4 is 17.5 Å². The molecule has 0 N–H and O–H groups in total. The zero-order valence-electron chi connectivity index (χ0n) is 11.9. The number of likely N-dealkylation sites (tertiary alicyclic amines) is 1. The molecule has 5 nitrogen and oxygen atoms in total. The number of halogens is 1. The first-order chi connectivity index (χ1) is 10.1. The van der Waals surface area contributed by atoms with Crippen LogP contribution < -0.4 is 0 Å². The number of nitrogens with zero attached hydrogens (tertiary/aromatic N) is 4. The molecule has 1 saturated heterocycles. The third kappa shape index (κ3) is 2.93. The highest BCUT2D eigenvalue weighted by Crippen LogP contribution is 2.23. The molecule has 0 radical (unpaired) electrons. The van der Waals surface area contributed by atoms with Gasteiger partial charge in [0.15, 0.2) is 0 Å². The Hall–Kier alpha value is -1.88. The van der Waals surface area contributed by atoms with Gasteiger partial charge in [-0.25, -0.2) is 4.98 Å². The van der Waals surface area contributed by atoms with E-state index in [9.17, 15) is 4.79 Å². The van der Waals surface area contributed by atoms with Crippen LogP contribution in [0.4, 0.5) is 0 Å². The lowest BCUT2D eigenvalue weighted by atomic mass is 10.0. The van der Waals surface area contributed by atoms with Gasteiger partial charge in [-0.05, 0) is 38.0 Å². The highest BCUT2D eigenvalue weighted by Gasteiger charge is 2.25. The van der Waals surface area contributed by atoms with Crippen molar-refractivity contribution in [3.8, 4) is 0 Å². The summed E-state index contributed by atoms with van der Waals surface area (Å²) in [7, 11) is 0. The fourth-order valence-corrected chi connectivity index (χ4v) is 2.95. The van der Waals surface area contributed by atoms with Crippen LogP contribution in [0, 0.1) is 6.92 Å². The summed E-state index contributed by atoms with van der Waals surface area (Å²) < 4.78 is 1.98. The first-order valence-corrected chi connectivity index (χ1v) is 7.44. The van der Waals surface area contributed by atoms with Crippen molar-refractivity contribution < 1.29 is 4.79 Å². The minimum atomic E-state index is 0.0376. The van der Waals surface area contributed by atoms with E-state index in [1.165, 1.54) is 0 Å². The molecule has 0 unspecified atom stereocenters. The number of rotatable bonds is 2. The Balaban J connectivity index is 1.67. The molecule has 3 rings (SSSR count). The maximum atomic E-state index is 12.5. The Kier molecular flexibility index (Phi) is 3.92. The highest BCUT2D eigenvalue weighted by molar-refractivity contribution is 6.29. The molecule has 2 aromatic rings. The van der Waals surface area contributed by atoms with Gasteiger partial charge in [0.2, 0.25) is 0 Å². The van der Waals surface area contributed by atoms with Crippen molar-refractivity contribution in [3.63, 3.8) is 0 Å². The highest BCUT2D eigenvalue weighted by atomic mass is 35.5. The standard InChI is InChI=1S/C15H17ClN4O/c1-11-13(3-4-14(16)18-11)15(21)19-9-5-12(6-10-19)20-8-2-7-17-20/h2-4,7-8,12H,5-6,9-10H2,1H3. The van der Waals surface area contributed by atoms with Crippen LogP contribution in [0.25, 0.3) is 0 Å². The number of carbonyl (C=O) groups excluding carboxylic acids is 1. The molecule has 3 heterocycles. The number of aromatic nitrogens is 3. The van der Waals surface area contributed by atoms with Crippen LogP contribution >= 0.6 is 11.6 Å². The number of amides is 1. The molecular weight excluding hydrogens is 288 g/mol. The molecule has 1 aliphatic rings. The predicted molar refractivity (Wildman–Crippen MR) is 80.4 cm³/mol. The largest absolute Gasteiger partial charge is 0.338 e. The van der Waals surface area contributed by atoms with E-state index >= 15 is 0 Å².